The first-order valence-corrected chi connectivity index (χ1v) is 9.18. The van der Waals surface area contributed by atoms with E-state index >= 15 is 0 Å². The van der Waals surface area contributed by atoms with E-state index in [0.29, 0.717) is 11.5 Å². The third-order valence-electron chi connectivity index (χ3n) is 5.71. The quantitative estimate of drug-likeness (QED) is 0.846. The van der Waals surface area contributed by atoms with Crippen LogP contribution in [-0.4, -0.2) is 35.7 Å². The SMILES string of the molecule is Fc1ccc(CN2CCC3(CC2)CO[C@H](Cc2cccnc2)C3)cc1. The van der Waals surface area contributed by atoms with Crippen LogP contribution < -0.4 is 0 Å². The molecule has 2 saturated heterocycles. The van der Waals surface area contributed by atoms with E-state index in [1.165, 1.54) is 24.0 Å². The zero-order valence-corrected chi connectivity index (χ0v) is 14.5. The Bertz CT molecular complexity index is 681. The van der Waals surface area contributed by atoms with Gasteiger partial charge in [0, 0.05) is 25.4 Å². The summed E-state index contributed by atoms with van der Waals surface area (Å²) in [5, 5.41) is 0. The highest BCUT2D eigenvalue weighted by molar-refractivity contribution is 5.16. The molecule has 0 aliphatic carbocycles. The second kappa shape index (κ2) is 7.22. The van der Waals surface area contributed by atoms with Gasteiger partial charge in [0.1, 0.15) is 5.82 Å². The first kappa shape index (κ1) is 16.7. The molecule has 2 aliphatic heterocycles. The Hall–Kier alpha value is -1.78. The molecule has 25 heavy (non-hydrogen) atoms. The average molecular weight is 340 g/mol. The Morgan fingerprint density at radius 2 is 1.92 bits per heavy atom. The standard InChI is InChI=1S/C21H25FN2O/c22-19-5-3-17(4-6-19)15-24-10-7-21(8-11-24)13-20(25-16-21)12-18-2-1-9-23-14-18/h1-6,9,14,20H,7-8,10-13,15-16H2/t20-/m1/s1. The van der Waals surface area contributed by atoms with E-state index in [1.54, 1.807) is 12.1 Å². The summed E-state index contributed by atoms with van der Waals surface area (Å²) in [5.74, 6) is -0.163. The van der Waals surface area contributed by atoms with Crippen LogP contribution in [0.2, 0.25) is 0 Å². The number of halogens is 1. The van der Waals surface area contributed by atoms with Gasteiger partial charge in [0.15, 0.2) is 0 Å². The number of aromatic nitrogens is 1. The molecule has 4 heteroatoms. The van der Waals surface area contributed by atoms with Crippen molar-refractivity contribution in [1.29, 1.82) is 0 Å². The van der Waals surface area contributed by atoms with E-state index in [1.807, 2.05) is 30.6 Å². The maximum absolute atomic E-state index is 13.0. The van der Waals surface area contributed by atoms with Crippen molar-refractivity contribution < 1.29 is 9.13 Å². The molecule has 0 N–H and O–H groups in total. The van der Waals surface area contributed by atoms with Gasteiger partial charge in [-0.15, -0.1) is 0 Å². The number of hydrogen-bond donors (Lipinski definition) is 0. The molecule has 1 aromatic heterocycles. The van der Waals surface area contributed by atoms with Gasteiger partial charge >= 0.3 is 0 Å². The molecule has 0 unspecified atom stereocenters. The van der Waals surface area contributed by atoms with Gasteiger partial charge in [-0.05, 0) is 67.1 Å². The average Bonchev–Trinajstić information content (AvgIpc) is 3.02. The van der Waals surface area contributed by atoms with Crippen molar-refractivity contribution >= 4 is 0 Å². The molecule has 2 fully saturated rings. The summed E-state index contributed by atoms with van der Waals surface area (Å²) in [6.45, 7) is 4.00. The van der Waals surface area contributed by atoms with Crippen LogP contribution in [0.15, 0.2) is 48.8 Å². The molecular weight excluding hydrogens is 315 g/mol. The summed E-state index contributed by atoms with van der Waals surface area (Å²) < 4.78 is 19.2. The van der Waals surface area contributed by atoms with Crippen molar-refractivity contribution in [3.8, 4) is 0 Å². The summed E-state index contributed by atoms with van der Waals surface area (Å²) in [7, 11) is 0. The number of ether oxygens (including phenoxy) is 1. The van der Waals surface area contributed by atoms with E-state index in [-0.39, 0.29) is 5.82 Å². The minimum atomic E-state index is -0.163. The largest absolute Gasteiger partial charge is 0.377 e. The molecule has 1 atom stereocenters. The summed E-state index contributed by atoms with van der Waals surface area (Å²) >= 11 is 0. The predicted octanol–water partition coefficient (Wildman–Crippen LogP) is 3.83. The van der Waals surface area contributed by atoms with Crippen LogP contribution in [0.4, 0.5) is 4.39 Å². The van der Waals surface area contributed by atoms with Crippen molar-refractivity contribution in [2.75, 3.05) is 19.7 Å². The highest BCUT2D eigenvalue weighted by Gasteiger charge is 2.42. The van der Waals surface area contributed by atoms with Gasteiger partial charge < -0.3 is 4.74 Å². The van der Waals surface area contributed by atoms with Crippen LogP contribution in [0.25, 0.3) is 0 Å². The van der Waals surface area contributed by atoms with Crippen molar-refractivity contribution in [2.45, 2.75) is 38.3 Å². The first-order chi connectivity index (χ1) is 12.2. The number of likely N-dealkylation sites (tertiary alicyclic amines) is 1. The summed E-state index contributed by atoms with van der Waals surface area (Å²) in [6, 6.07) is 11.0. The molecule has 0 saturated carbocycles. The van der Waals surface area contributed by atoms with Gasteiger partial charge in [0.2, 0.25) is 0 Å². The van der Waals surface area contributed by atoms with Gasteiger partial charge in [0.25, 0.3) is 0 Å². The van der Waals surface area contributed by atoms with Gasteiger partial charge in [-0.2, -0.15) is 0 Å². The summed E-state index contributed by atoms with van der Waals surface area (Å²) in [5.41, 5.74) is 2.80. The molecule has 1 aromatic carbocycles. The summed E-state index contributed by atoms with van der Waals surface area (Å²) in [4.78, 5) is 6.68. The van der Waals surface area contributed by atoms with E-state index in [2.05, 4.69) is 16.0 Å². The topological polar surface area (TPSA) is 25.4 Å². The van der Waals surface area contributed by atoms with Crippen molar-refractivity contribution in [2.24, 2.45) is 5.41 Å². The number of nitrogens with zero attached hydrogens (tertiary/aromatic N) is 2. The number of pyridine rings is 1. The molecule has 0 radical (unpaired) electrons. The number of hydrogen-bond acceptors (Lipinski definition) is 3. The number of piperidine rings is 1. The van der Waals surface area contributed by atoms with Crippen LogP contribution >= 0.6 is 0 Å². The fraction of sp³-hybridized carbons (Fsp3) is 0.476. The molecule has 2 aromatic rings. The molecule has 132 valence electrons. The van der Waals surface area contributed by atoms with Crippen LogP contribution in [0.5, 0.6) is 0 Å². The second-order valence-electron chi connectivity index (χ2n) is 7.61. The number of rotatable bonds is 4. The van der Waals surface area contributed by atoms with Crippen LogP contribution in [-0.2, 0) is 17.7 Å². The molecule has 0 bridgehead atoms. The minimum Gasteiger partial charge on any atom is -0.377 e. The third-order valence-corrected chi connectivity index (χ3v) is 5.71. The zero-order chi connectivity index (χ0) is 17.1. The molecule has 3 nitrogen and oxygen atoms in total. The van der Waals surface area contributed by atoms with Crippen molar-refractivity contribution in [1.82, 2.24) is 9.88 Å². The molecular formula is C21H25FN2O. The molecule has 0 amide bonds. The number of benzene rings is 1. The van der Waals surface area contributed by atoms with Gasteiger partial charge in [-0.3, -0.25) is 9.88 Å². The summed E-state index contributed by atoms with van der Waals surface area (Å²) in [6.07, 6.45) is 8.60. The van der Waals surface area contributed by atoms with E-state index in [4.69, 9.17) is 4.74 Å². The van der Waals surface area contributed by atoms with Crippen LogP contribution in [0.3, 0.4) is 0 Å². The maximum Gasteiger partial charge on any atom is 0.123 e. The monoisotopic (exact) mass is 340 g/mol. The second-order valence-corrected chi connectivity index (χ2v) is 7.61. The fourth-order valence-corrected chi connectivity index (χ4v) is 4.19. The zero-order valence-electron chi connectivity index (χ0n) is 14.5. The first-order valence-electron chi connectivity index (χ1n) is 9.18. The van der Waals surface area contributed by atoms with E-state index < -0.39 is 0 Å². The molecule has 2 aliphatic rings. The lowest BCUT2D eigenvalue weighted by Crippen LogP contribution is -2.40. The molecule has 1 spiro atoms. The lowest BCUT2D eigenvalue weighted by Gasteiger charge is -2.38. The Labute approximate surface area is 148 Å². The van der Waals surface area contributed by atoms with Crippen LogP contribution in [0.1, 0.15) is 30.4 Å². The van der Waals surface area contributed by atoms with Crippen LogP contribution in [0, 0.1) is 11.2 Å². The van der Waals surface area contributed by atoms with E-state index in [9.17, 15) is 4.39 Å². The molecule has 4 rings (SSSR count). The van der Waals surface area contributed by atoms with Gasteiger partial charge in [0.05, 0.1) is 12.7 Å². The van der Waals surface area contributed by atoms with Gasteiger partial charge in [-0.1, -0.05) is 18.2 Å². The Balaban J connectivity index is 1.29. The molecule has 3 heterocycles. The predicted molar refractivity (Wildman–Crippen MR) is 95.6 cm³/mol. The normalized spacial score (nSPS) is 23.2. The highest BCUT2D eigenvalue weighted by Crippen LogP contribution is 2.42. The maximum atomic E-state index is 13.0. The smallest absolute Gasteiger partial charge is 0.123 e. The van der Waals surface area contributed by atoms with Crippen molar-refractivity contribution in [3.05, 3.63) is 65.7 Å². The Kier molecular flexibility index (Phi) is 4.82. The van der Waals surface area contributed by atoms with Gasteiger partial charge in [-0.25, -0.2) is 4.39 Å². The van der Waals surface area contributed by atoms with Crippen molar-refractivity contribution in [3.63, 3.8) is 0 Å². The lowest BCUT2D eigenvalue weighted by molar-refractivity contribution is 0.0631. The lowest BCUT2D eigenvalue weighted by atomic mass is 9.76. The highest BCUT2D eigenvalue weighted by atomic mass is 19.1. The minimum absolute atomic E-state index is 0.163. The Morgan fingerprint density at radius 3 is 2.64 bits per heavy atom. The van der Waals surface area contributed by atoms with E-state index in [0.717, 1.165) is 39.1 Å². The Morgan fingerprint density at radius 1 is 1.12 bits per heavy atom. The third kappa shape index (κ3) is 4.07. The fourth-order valence-electron chi connectivity index (χ4n) is 4.19.